The van der Waals surface area contributed by atoms with Gasteiger partial charge in [-0.05, 0) is 66.9 Å². The zero-order chi connectivity index (χ0) is 45.8. The molecule has 7 nitrogen and oxygen atoms in total. The van der Waals surface area contributed by atoms with E-state index in [4.69, 9.17) is 23.1 Å². The zero-order valence-electron chi connectivity index (χ0n) is 39.5. The third-order valence-corrected chi connectivity index (χ3v) is 22.5. The normalized spacial score (nSPS) is 15.3. The zero-order valence-corrected chi connectivity index (χ0v) is 41.5. The molecule has 5 atom stereocenters. The van der Waals surface area contributed by atoms with Gasteiger partial charge >= 0.3 is 0 Å². The van der Waals surface area contributed by atoms with Crippen molar-refractivity contribution in [1.82, 2.24) is 0 Å². The lowest BCUT2D eigenvalue weighted by molar-refractivity contribution is -0.0860. The van der Waals surface area contributed by atoms with Crippen LogP contribution in [0.1, 0.15) is 67.9 Å². The fourth-order valence-electron chi connectivity index (χ4n) is 9.32. The van der Waals surface area contributed by atoms with Crippen LogP contribution in [0, 0.1) is 17.8 Å². The van der Waals surface area contributed by atoms with E-state index in [1.807, 2.05) is 37.3 Å². The predicted octanol–water partition coefficient (Wildman–Crippen LogP) is 8.93. The van der Waals surface area contributed by atoms with Crippen LogP contribution in [-0.4, -0.2) is 73.1 Å². The van der Waals surface area contributed by atoms with Crippen LogP contribution in [0.25, 0.3) is 0 Å². The highest BCUT2D eigenvalue weighted by molar-refractivity contribution is 7.00. The lowest BCUT2D eigenvalue weighted by atomic mass is 9.85. The molecule has 0 heterocycles. The fraction of sp³-hybridized carbons (Fsp3) is 0.407. The largest absolute Gasteiger partial charge is 0.493 e. The minimum absolute atomic E-state index is 0.0392. The SMILES string of the molecule is COc1ccc(CO[C@H]([C@@H](CO)[C@H](O)/C(C)=C/[C@@H](C)CO[Si](c2ccccc2)(c2ccccc2)C(C)(C)C)[C@H](C)CO[Si](c2ccccc2)(c2ccccc2)C(C)(C)C)cc1OC. The van der Waals surface area contributed by atoms with Gasteiger partial charge in [0.1, 0.15) is 0 Å². The highest BCUT2D eigenvalue weighted by Crippen LogP contribution is 2.39. The summed E-state index contributed by atoms with van der Waals surface area (Å²) in [5, 5.41) is 28.0. The van der Waals surface area contributed by atoms with Crippen LogP contribution in [0.5, 0.6) is 11.5 Å². The van der Waals surface area contributed by atoms with Gasteiger partial charge in [-0.2, -0.15) is 0 Å². The van der Waals surface area contributed by atoms with Crippen LogP contribution in [0.15, 0.2) is 151 Å². The summed E-state index contributed by atoms with van der Waals surface area (Å²) >= 11 is 0. The predicted molar refractivity (Wildman–Crippen MR) is 264 cm³/mol. The Morgan fingerprint density at radius 1 is 0.603 bits per heavy atom. The van der Waals surface area contributed by atoms with E-state index < -0.39 is 34.8 Å². The Morgan fingerprint density at radius 3 is 1.40 bits per heavy atom. The lowest BCUT2D eigenvalue weighted by Crippen LogP contribution is -2.67. The van der Waals surface area contributed by atoms with Gasteiger partial charge in [-0.3, -0.25) is 0 Å². The second-order valence-corrected chi connectivity index (χ2v) is 27.7. The average Bonchev–Trinajstić information content (AvgIpc) is 3.28. The minimum Gasteiger partial charge on any atom is -0.493 e. The molecule has 2 N–H and O–H groups in total. The van der Waals surface area contributed by atoms with Crippen molar-refractivity contribution in [3.63, 3.8) is 0 Å². The van der Waals surface area contributed by atoms with E-state index in [-0.39, 0.29) is 35.1 Å². The second kappa shape index (κ2) is 22.0. The molecule has 0 aliphatic carbocycles. The Balaban J connectivity index is 1.47. The summed E-state index contributed by atoms with van der Waals surface area (Å²) in [5.74, 6) is 0.293. The van der Waals surface area contributed by atoms with E-state index in [1.165, 1.54) is 20.7 Å². The summed E-state index contributed by atoms with van der Waals surface area (Å²) in [6, 6.07) is 48.2. The number of aliphatic hydroxyl groups is 2. The number of benzene rings is 5. The molecule has 0 bridgehead atoms. The van der Waals surface area contributed by atoms with Gasteiger partial charge < -0.3 is 33.3 Å². The maximum Gasteiger partial charge on any atom is 0.261 e. The number of ether oxygens (including phenoxy) is 3. The average molecular weight is 889 g/mol. The first-order valence-electron chi connectivity index (χ1n) is 22.3. The van der Waals surface area contributed by atoms with Gasteiger partial charge in [-0.25, -0.2) is 0 Å². The van der Waals surface area contributed by atoms with Crippen molar-refractivity contribution in [3.05, 3.63) is 157 Å². The van der Waals surface area contributed by atoms with Gasteiger partial charge in [0.05, 0.1) is 39.6 Å². The van der Waals surface area contributed by atoms with Crippen LogP contribution >= 0.6 is 0 Å². The van der Waals surface area contributed by atoms with Gasteiger partial charge in [0, 0.05) is 25.0 Å². The summed E-state index contributed by atoms with van der Waals surface area (Å²) < 4.78 is 32.7. The van der Waals surface area contributed by atoms with Crippen molar-refractivity contribution >= 4 is 37.4 Å². The maximum absolute atomic E-state index is 12.3. The molecule has 0 aliphatic rings. The number of hydrogen-bond acceptors (Lipinski definition) is 7. The number of hydrogen-bond donors (Lipinski definition) is 2. The summed E-state index contributed by atoms with van der Waals surface area (Å²) in [5.41, 5.74) is 1.64. The molecule has 5 aromatic carbocycles. The topological polar surface area (TPSA) is 86.6 Å². The van der Waals surface area contributed by atoms with E-state index >= 15 is 0 Å². The fourth-order valence-corrected chi connectivity index (χ4v) is 18.7. The molecule has 5 rings (SSSR count). The van der Waals surface area contributed by atoms with Crippen molar-refractivity contribution in [2.24, 2.45) is 17.8 Å². The summed E-state index contributed by atoms with van der Waals surface area (Å²) in [4.78, 5) is 0. The molecule has 0 spiro atoms. The maximum atomic E-state index is 12.3. The molecular formula is C54H72O7Si2. The minimum atomic E-state index is -2.90. The van der Waals surface area contributed by atoms with E-state index in [0.29, 0.717) is 24.7 Å². The molecule has 63 heavy (non-hydrogen) atoms. The van der Waals surface area contributed by atoms with Crippen molar-refractivity contribution in [2.45, 2.75) is 91.2 Å². The van der Waals surface area contributed by atoms with Crippen molar-refractivity contribution < 1.29 is 33.3 Å². The molecule has 5 aromatic rings. The van der Waals surface area contributed by atoms with Gasteiger partial charge in [-0.1, -0.05) is 189 Å². The molecule has 0 radical (unpaired) electrons. The van der Waals surface area contributed by atoms with Crippen LogP contribution < -0.4 is 30.2 Å². The molecule has 0 aromatic heterocycles. The molecule has 0 unspecified atom stereocenters. The van der Waals surface area contributed by atoms with E-state index in [1.54, 1.807) is 14.2 Å². The molecule has 0 saturated heterocycles. The molecule has 0 fully saturated rings. The standard InChI is InChI=1S/C54H72O7Si2/c1-40(37-60-62(53(4,5)6,44-24-16-12-17-25-44)45-26-18-13-19-27-45)34-41(2)51(56)48(36-55)52(59-39-43-32-33-49(57-10)50(35-43)58-11)42(3)38-61-63(54(7,8)9,46-28-20-14-21-29-46)47-30-22-15-23-31-47/h12-35,40,42,48,51-52,55-56H,36-39H2,1-11H3/b41-34+/t40-,42-,48+,51-,52+/m1/s1. The Morgan fingerprint density at radius 2 is 1.02 bits per heavy atom. The first kappa shape index (κ1) is 49.7. The third-order valence-electron chi connectivity index (χ3n) is 12.5. The summed E-state index contributed by atoms with van der Waals surface area (Å²) in [7, 11) is -2.45. The highest BCUT2D eigenvalue weighted by Gasteiger charge is 2.52. The smallest absolute Gasteiger partial charge is 0.261 e. The number of rotatable bonds is 21. The number of methoxy groups -OCH3 is 2. The van der Waals surface area contributed by atoms with Crippen LogP contribution in [-0.2, 0) is 20.2 Å². The van der Waals surface area contributed by atoms with Gasteiger partial charge in [0.15, 0.2) is 11.5 Å². The third kappa shape index (κ3) is 11.3. The highest BCUT2D eigenvalue weighted by atomic mass is 28.4. The van der Waals surface area contributed by atoms with Crippen molar-refractivity contribution in [1.29, 1.82) is 0 Å². The van der Waals surface area contributed by atoms with E-state index in [9.17, 15) is 10.2 Å². The van der Waals surface area contributed by atoms with E-state index in [0.717, 1.165) is 11.1 Å². The Hall–Kier alpha value is -4.33. The summed E-state index contributed by atoms with van der Waals surface area (Å²) in [6.07, 6.45) is 0.499. The van der Waals surface area contributed by atoms with Gasteiger partial charge in [0.25, 0.3) is 16.6 Å². The molecule has 338 valence electrons. The monoisotopic (exact) mass is 888 g/mol. The lowest BCUT2D eigenvalue weighted by Gasteiger charge is -2.44. The van der Waals surface area contributed by atoms with Gasteiger partial charge in [-0.15, -0.1) is 0 Å². The Labute approximate surface area is 380 Å². The first-order valence-corrected chi connectivity index (χ1v) is 26.2. The van der Waals surface area contributed by atoms with Crippen LogP contribution in [0.4, 0.5) is 0 Å². The van der Waals surface area contributed by atoms with Crippen LogP contribution in [0.2, 0.25) is 10.1 Å². The Kier molecular flexibility index (Phi) is 17.4. The van der Waals surface area contributed by atoms with Gasteiger partial charge in [0.2, 0.25) is 0 Å². The molecule has 9 heteroatoms. The van der Waals surface area contributed by atoms with Crippen LogP contribution in [0.3, 0.4) is 0 Å². The molecule has 0 amide bonds. The Bertz CT molecular complexity index is 2070. The summed E-state index contributed by atoms with van der Waals surface area (Å²) in [6.45, 7) is 20.6. The molecule has 0 aliphatic heterocycles. The first-order chi connectivity index (χ1) is 30.0. The van der Waals surface area contributed by atoms with Crippen molar-refractivity contribution in [3.8, 4) is 11.5 Å². The van der Waals surface area contributed by atoms with Crippen molar-refractivity contribution in [2.75, 3.05) is 34.0 Å². The molecule has 0 saturated carbocycles. The quantitative estimate of drug-likeness (QED) is 0.0563. The van der Waals surface area contributed by atoms with E-state index in [2.05, 4.69) is 171 Å². The second-order valence-electron chi connectivity index (χ2n) is 19.1. The number of aliphatic hydroxyl groups excluding tert-OH is 2. The molecular weight excluding hydrogens is 817 g/mol.